The minimum Gasteiger partial charge on any atom is -0.512 e. The molecule has 3 rings (SSSR count). The Hall–Kier alpha value is -3.14. The molecular weight excluding hydrogens is 712 g/mol. The van der Waals surface area contributed by atoms with E-state index in [1.54, 1.807) is 0 Å². The van der Waals surface area contributed by atoms with Crippen molar-refractivity contribution in [3.05, 3.63) is 89.3 Å². The standard InChI is InChI=1S/C20H9F9N.C5H8O2.Pt/c21-18(22,23)12-9-14(19(24,25)26)16(15(10-12)20(27,28)29)13-7-4-8-30-17(13)11-5-2-1-3-6-11;1-4(6)3-5(2)7;/h1-5,7-10H;3,6H,1-2H3;/q-1;;/b;4-3-;. The van der Waals surface area contributed by atoms with E-state index in [-0.39, 0.29) is 56.0 Å². The number of nitrogens with zero attached hydrogens (tertiary/aromatic N) is 1. The van der Waals surface area contributed by atoms with Gasteiger partial charge in [-0.1, -0.05) is 6.07 Å². The van der Waals surface area contributed by atoms with Gasteiger partial charge in [0, 0.05) is 33.3 Å². The third-order valence-corrected chi connectivity index (χ3v) is 4.53. The molecule has 0 aliphatic heterocycles. The van der Waals surface area contributed by atoms with Crippen LogP contribution in [0.2, 0.25) is 0 Å². The number of rotatable bonds is 3. The molecule has 0 saturated carbocycles. The number of carbonyl (C=O) groups excluding carboxylic acids is 1. The topological polar surface area (TPSA) is 50.2 Å². The molecule has 13 heteroatoms. The molecule has 38 heavy (non-hydrogen) atoms. The van der Waals surface area contributed by atoms with Gasteiger partial charge in [0.1, 0.15) is 0 Å². The first-order chi connectivity index (χ1) is 16.9. The van der Waals surface area contributed by atoms with Gasteiger partial charge in [-0.15, -0.1) is 35.9 Å². The average Bonchev–Trinajstić information content (AvgIpc) is 2.76. The van der Waals surface area contributed by atoms with Gasteiger partial charge in [0.05, 0.1) is 22.4 Å². The number of allylic oxidation sites excluding steroid dienone is 2. The predicted molar refractivity (Wildman–Crippen MR) is 116 cm³/mol. The van der Waals surface area contributed by atoms with Gasteiger partial charge in [0.15, 0.2) is 5.78 Å². The first-order valence-corrected chi connectivity index (χ1v) is 10.1. The summed E-state index contributed by atoms with van der Waals surface area (Å²) >= 11 is 0. The van der Waals surface area contributed by atoms with Crippen LogP contribution in [0.25, 0.3) is 22.4 Å². The molecule has 0 spiro atoms. The van der Waals surface area contributed by atoms with Crippen LogP contribution in [0, 0.1) is 6.07 Å². The molecule has 0 atom stereocenters. The Kier molecular flexibility index (Phi) is 10.9. The minimum atomic E-state index is -5.50. The van der Waals surface area contributed by atoms with E-state index in [1.807, 2.05) is 0 Å². The molecule has 2 aromatic carbocycles. The molecule has 0 saturated heterocycles. The van der Waals surface area contributed by atoms with Crippen molar-refractivity contribution in [2.24, 2.45) is 0 Å². The number of aliphatic hydroxyl groups excluding tert-OH is 1. The molecule has 1 aromatic heterocycles. The maximum absolute atomic E-state index is 13.6. The zero-order valence-electron chi connectivity index (χ0n) is 19.3. The smallest absolute Gasteiger partial charge is 0.417 e. The molecule has 0 fully saturated rings. The summed E-state index contributed by atoms with van der Waals surface area (Å²) in [5, 5.41) is 8.36. The van der Waals surface area contributed by atoms with Crippen LogP contribution in [0.1, 0.15) is 30.5 Å². The van der Waals surface area contributed by atoms with Crippen LogP contribution in [0.4, 0.5) is 39.5 Å². The first-order valence-electron chi connectivity index (χ1n) is 10.1. The Morgan fingerprint density at radius 2 is 1.42 bits per heavy atom. The summed E-state index contributed by atoms with van der Waals surface area (Å²) in [6, 6.07) is 9.75. The fourth-order valence-electron chi connectivity index (χ4n) is 3.20. The molecule has 0 aliphatic rings. The Bertz CT molecular complexity index is 1240. The third kappa shape index (κ3) is 8.72. The predicted octanol–water partition coefficient (Wildman–Crippen LogP) is 8.31. The summed E-state index contributed by atoms with van der Waals surface area (Å²) in [7, 11) is 0. The van der Waals surface area contributed by atoms with Crippen LogP contribution >= 0.6 is 0 Å². The second kappa shape index (κ2) is 12.6. The zero-order valence-corrected chi connectivity index (χ0v) is 21.6. The van der Waals surface area contributed by atoms with E-state index >= 15 is 0 Å². The molecule has 0 amide bonds. The summed E-state index contributed by atoms with van der Waals surface area (Å²) < 4.78 is 121. The number of hydrogen-bond donors (Lipinski definition) is 1. The molecule has 0 aliphatic carbocycles. The van der Waals surface area contributed by atoms with E-state index in [1.165, 1.54) is 44.2 Å². The Labute approximate surface area is 225 Å². The maximum atomic E-state index is 13.6. The van der Waals surface area contributed by atoms with E-state index < -0.39 is 46.3 Å². The minimum absolute atomic E-state index is 0. The number of aromatic nitrogens is 1. The van der Waals surface area contributed by atoms with E-state index in [0.717, 1.165) is 18.3 Å². The summed E-state index contributed by atoms with van der Waals surface area (Å²) in [6.07, 6.45) is -14.1. The van der Waals surface area contributed by atoms with E-state index in [2.05, 4.69) is 11.1 Å². The molecule has 0 radical (unpaired) electrons. The summed E-state index contributed by atoms with van der Waals surface area (Å²) in [6.45, 7) is 2.85. The van der Waals surface area contributed by atoms with E-state index in [0.29, 0.717) is 0 Å². The van der Waals surface area contributed by atoms with Crippen LogP contribution in [-0.2, 0) is 44.4 Å². The number of alkyl halides is 9. The molecule has 3 nitrogen and oxygen atoms in total. The number of aliphatic hydroxyl groups is 1. The molecule has 1 heterocycles. The van der Waals surface area contributed by atoms with Crippen molar-refractivity contribution in [1.29, 1.82) is 0 Å². The van der Waals surface area contributed by atoms with Crippen molar-refractivity contribution >= 4 is 5.78 Å². The van der Waals surface area contributed by atoms with Gasteiger partial charge in [0.25, 0.3) is 0 Å². The fraction of sp³-hybridized carbons (Fsp3) is 0.200. The van der Waals surface area contributed by atoms with Crippen molar-refractivity contribution < 1.29 is 70.5 Å². The number of benzene rings is 2. The Morgan fingerprint density at radius 3 is 1.79 bits per heavy atom. The van der Waals surface area contributed by atoms with Gasteiger partial charge in [-0.25, -0.2) is 0 Å². The number of pyridine rings is 1. The van der Waals surface area contributed by atoms with Gasteiger partial charge in [-0.2, -0.15) is 39.5 Å². The summed E-state index contributed by atoms with van der Waals surface area (Å²) in [5.41, 5.74) is -8.42. The maximum Gasteiger partial charge on any atom is 0.417 e. The van der Waals surface area contributed by atoms with Crippen LogP contribution in [0.15, 0.2) is 66.6 Å². The van der Waals surface area contributed by atoms with Crippen molar-refractivity contribution in [2.75, 3.05) is 0 Å². The summed E-state index contributed by atoms with van der Waals surface area (Å²) in [4.78, 5) is 13.9. The van der Waals surface area contributed by atoms with Crippen molar-refractivity contribution in [1.82, 2.24) is 4.98 Å². The Morgan fingerprint density at radius 1 is 0.868 bits per heavy atom. The van der Waals surface area contributed by atoms with Gasteiger partial charge in [-0.3, -0.25) is 4.79 Å². The normalized spacial score (nSPS) is 12.2. The second-order valence-electron chi connectivity index (χ2n) is 7.51. The van der Waals surface area contributed by atoms with Gasteiger partial charge < -0.3 is 10.1 Å². The van der Waals surface area contributed by atoms with Gasteiger partial charge in [0.2, 0.25) is 0 Å². The molecular formula is C25H17F9NO2Pt-. The molecule has 0 bridgehead atoms. The first kappa shape index (κ1) is 32.9. The molecule has 1 N–H and O–H groups in total. The average molecular weight is 729 g/mol. The monoisotopic (exact) mass is 729 g/mol. The van der Waals surface area contributed by atoms with Gasteiger partial charge in [-0.05, 0) is 48.9 Å². The van der Waals surface area contributed by atoms with Crippen molar-refractivity contribution in [2.45, 2.75) is 32.4 Å². The number of ketones is 1. The van der Waals surface area contributed by atoms with Crippen molar-refractivity contribution in [3.63, 3.8) is 0 Å². The zero-order chi connectivity index (χ0) is 28.2. The van der Waals surface area contributed by atoms with Crippen LogP contribution in [0.3, 0.4) is 0 Å². The third-order valence-electron chi connectivity index (χ3n) is 4.53. The van der Waals surface area contributed by atoms with Crippen LogP contribution < -0.4 is 0 Å². The largest absolute Gasteiger partial charge is 0.512 e. The Balaban J connectivity index is 0.000000797. The van der Waals surface area contributed by atoms with Crippen LogP contribution in [-0.4, -0.2) is 15.9 Å². The SMILES string of the molecule is CC(=O)/C=C(/C)O.FC(F)(F)c1cc(C(F)(F)F)c(-c2cccnc2-c2[c-]cccc2)c(C(F)(F)F)c1.[Pt]. The number of hydrogen-bond acceptors (Lipinski definition) is 3. The number of halogens is 9. The quantitative estimate of drug-likeness (QED) is 0.128. The molecule has 0 unspecified atom stereocenters. The second-order valence-corrected chi connectivity index (χ2v) is 7.51. The van der Waals surface area contributed by atoms with Crippen molar-refractivity contribution in [3.8, 4) is 22.4 Å². The summed E-state index contributed by atoms with van der Waals surface area (Å²) in [5.74, 6) is -0.0625. The van der Waals surface area contributed by atoms with Gasteiger partial charge >= 0.3 is 18.5 Å². The number of carbonyl (C=O) groups is 1. The fourth-order valence-corrected chi connectivity index (χ4v) is 3.20. The van der Waals surface area contributed by atoms with E-state index in [4.69, 9.17) is 5.11 Å². The van der Waals surface area contributed by atoms with Crippen LogP contribution in [0.5, 0.6) is 0 Å². The molecule has 208 valence electrons. The molecule has 3 aromatic rings. The van der Waals surface area contributed by atoms with E-state index in [9.17, 15) is 44.3 Å².